The molecule has 2 aromatic rings. The van der Waals surface area contributed by atoms with Gasteiger partial charge >= 0.3 is 0 Å². The lowest BCUT2D eigenvalue weighted by Crippen LogP contribution is -2.11. The van der Waals surface area contributed by atoms with E-state index < -0.39 is 0 Å². The van der Waals surface area contributed by atoms with E-state index in [1.165, 1.54) is 5.56 Å². The fourth-order valence-corrected chi connectivity index (χ4v) is 1.81. The zero-order valence-electron chi connectivity index (χ0n) is 8.93. The van der Waals surface area contributed by atoms with Gasteiger partial charge in [0.1, 0.15) is 16.3 Å². The number of anilines is 2. The standard InChI is InChI=1S/C13H12BrNO/c1-11-7-9-13(10-8-11)15(16-14)12-5-3-2-4-6-12/h2-10H,1H3. The maximum absolute atomic E-state index is 5.21. The van der Waals surface area contributed by atoms with E-state index in [1.54, 1.807) is 5.06 Å². The van der Waals surface area contributed by atoms with Gasteiger partial charge in [-0.25, -0.2) is 5.06 Å². The molecule has 3 heteroatoms. The van der Waals surface area contributed by atoms with E-state index in [-0.39, 0.29) is 0 Å². The number of hydrogen-bond acceptors (Lipinski definition) is 2. The highest BCUT2D eigenvalue weighted by Crippen LogP contribution is 2.26. The van der Waals surface area contributed by atoms with Crippen LogP contribution in [0.25, 0.3) is 0 Å². The number of para-hydroxylation sites is 1. The third kappa shape index (κ3) is 2.43. The quantitative estimate of drug-likeness (QED) is 0.773. The van der Waals surface area contributed by atoms with Crippen LogP contribution in [0.2, 0.25) is 0 Å². The SMILES string of the molecule is Cc1ccc(N(OBr)c2ccccc2)cc1. The van der Waals surface area contributed by atoms with E-state index in [4.69, 9.17) is 3.93 Å². The smallest absolute Gasteiger partial charge is 0.134 e. The van der Waals surface area contributed by atoms with Crippen molar-refractivity contribution in [1.29, 1.82) is 0 Å². The molecular formula is C13H12BrNO. The van der Waals surface area contributed by atoms with Crippen molar-refractivity contribution >= 4 is 27.6 Å². The number of halogens is 1. The number of hydrogen-bond donors (Lipinski definition) is 0. The molecule has 0 radical (unpaired) electrons. The van der Waals surface area contributed by atoms with Gasteiger partial charge in [0.2, 0.25) is 0 Å². The summed E-state index contributed by atoms with van der Waals surface area (Å²) in [5.74, 6) is 0. The van der Waals surface area contributed by atoms with Gasteiger partial charge in [0.25, 0.3) is 0 Å². The summed E-state index contributed by atoms with van der Waals surface area (Å²) in [6.07, 6.45) is 0. The minimum atomic E-state index is 0.975. The Morgan fingerprint density at radius 3 is 2.00 bits per heavy atom. The third-order valence-corrected chi connectivity index (χ3v) is 2.62. The van der Waals surface area contributed by atoms with Crippen molar-refractivity contribution in [2.24, 2.45) is 0 Å². The molecule has 0 spiro atoms. The van der Waals surface area contributed by atoms with Gasteiger partial charge in [0.15, 0.2) is 0 Å². The summed E-state index contributed by atoms with van der Waals surface area (Å²) in [6.45, 7) is 2.06. The lowest BCUT2D eigenvalue weighted by atomic mass is 10.2. The van der Waals surface area contributed by atoms with Gasteiger partial charge in [0.05, 0.1) is 11.4 Å². The van der Waals surface area contributed by atoms with E-state index in [9.17, 15) is 0 Å². The second kappa shape index (κ2) is 5.14. The second-order valence-electron chi connectivity index (χ2n) is 3.53. The molecule has 0 saturated carbocycles. The molecule has 0 saturated heterocycles. The van der Waals surface area contributed by atoms with E-state index in [0.29, 0.717) is 0 Å². The fraction of sp³-hybridized carbons (Fsp3) is 0.0769. The van der Waals surface area contributed by atoms with Gasteiger partial charge in [-0.2, -0.15) is 3.93 Å². The zero-order valence-corrected chi connectivity index (χ0v) is 10.5. The van der Waals surface area contributed by atoms with Crippen LogP contribution in [-0.2, 0) is 3.93 Å². The predicted molar refractivity (Wildman–Crippen MR) is 69.8 cm³/mol. The third-order valence-electron chi connectivity index (χ3n) is 2.33. The molecule has 2 rings (SSSR count). The van der Waals surface area contributed by atoms with Gasteiger partial charge in [0, 0.05) is 0 Å². The van der Waals surface area contributed by atoms with Gasteiger partial charge < -0.3 is 0 Å². The van der Waals surface area contributed by atoms with Crippen LogP contribution in [0.5, 0.6) is 0 Å². The van der Waals surface area contributed by atoms with Crippen molar-refractivity contribution in [3.63, 3.8) is 0 Å². The molecule has 0 aliphatic carbocycles. The Labute approximate surface area is 104 Å². The van der Waals surface area contributed by atoms with Crippen molar-refractivity contribution in [3.05, 3.63) is 60.2 Å². The first kappa shape index (κ1) is 11.2. The molecule has 2 aromatic carbocycles. The van der Waals surface area contributed by atoms with E-state index in [2.05, 4.69) is 35.3 Å². The summed E-state index contributed by atoms with van der Waals surface area (Å²) in [5.41, 5.74) is 3.18. The number of nitrogens with zero attached hydrogens (tertiary/aromatic N) is 1. The van der Waals surface area contributed by atoms with Crippen LogP contribution in [0.3, 0.4) is 0 Å². The Bertz CT molecular complexity index is 441. The number of aryl methyl sites for hydroxylation is 1. The monoisotopic (exact) mass is 277 g/mol. The molecule has 0 amide bonds. The fourth-order valence-electron chi connectivity index (χ4n) is 1.47. The van der Waals surface area contributed by atoms with Crippen molar-refractivity contribution in [1.82, 2.24) is 0 Å². The average molecular weight is 278 g/mol. The average Bonchev–Trinajstić information content (AvgIpc) is 2.34. The Balaban J connectivity index is 2.33. The summed E-state index contributed by atoms with van der Waals surface area (Å²) in [6, 6.07) is 18.0. The lowest BCUT2D eigenvalue weighted by molar-refractivity contribution is 0.407. The molecule has 0 aliphatic heterocycles. The Kier molecular flexibility index (Phi) is 3.59. The molecule has 0 heterocycles. The van der Waals surface area contributed by atoms with Crippen LogP contribution in [-0.4, -0.2) is 0 Å². The minimum absolute atomic E-state index is 0.975. The van der Waals surface area contributed by atoms with Crippen molar-refractivity contribution in [3.8, 4) is 0 Å². The van der Waals surface area contributed by atoms with Gasteiger partial charge in [-0.3, -0.25) is 0 Å². The highest BCUT2D eigenvalue weighted by Gasteiger charge is 2.08. The normalized spacial score (nSPS) is 10.1. The largest absolute Gasteiger partial charge is 0.210 e. The van der Waals surface area contributed by atoms with Crippen molar-refractivity contribution in [2.45, 2.75) is 6.92 Å². The number of rotatable bonds is 3. The lowest BCUT2D eigenvalue weighted by Gasteiger charge is -2.19. The summed E-state index contributed by atoms with van der Waals surface area (Å²) in [5, 5.41) is 1.72. The van der Waals surface area contributed by atoms with Crippen LogP contribution < -0.4 is 5.06 Å². The van der Waals surface area contributed by atoms with E-state index >= 15 is 0 Å². The molecule has 2 nitrogen and oxygen atoms in total. The van der Waals surface area contributed by atoms with Crippen LogP contribution >= 0.6 is 16.3 Å². The summed E-state index contributed by atoms with van der Waals surface area (Å²) in [7, 11) is 0. The molecule has 0 N–H and O–H groups in total. The van der Waals surface area contributed by atoms with Crippen molar-refractivity contribution < 1.29 is 3.93 Å². The minimum Gasteiger partial charge on any atom is -0.210 e. The van der Waals surface area contributed by atoms with E-state index in [1.807, 2.05) is 42.5 Å². The molecule has 0 aliphatic rings. The topological polar surface area (TPSA) is 12.5 Å². The molecule has 16 heavy (non-hydrogen) atoms. The molecule has 0 fully saturated rings. The Morgan fingerprint density at radius 1 is 0.875 bits per heavy atom. The summed E-state index contributed by atoms with van der Waals surface area (Å²) >= 11 is 3.03. The van der Waals surface area contributed by atoms with E-state index in [0.717, 1.165) is 11.4 Å². The zero-order chi connectivity index (χ0) is 11.4. The maximum Gasteiger partial charge on any atom is 0.134 e. The molecule has 82 valence electrons. The Hall–Kier alpha value is -1.32. The highest BCUT2D eigenvalue weighted by atomic mass is 79.9. The predicted octanol–water partition coefficient (Wildman–Crippen LogP) is 4.37. The van der Waals surface area contributed by atoms with Gasteiger partial charge in [-0.1, -0.05) is 35.9 Å². The van der Waals surface area contributed by atoms with Crippen molar-refractivity contribution in [2.75, 3.05) is 5.06 Å². The first-order valence-electron chi connectivity index (χ1n) is 5.02. The number of benzene rings is 2. The molecule has 0 atom stereocenters. The molecular weight excluding hydrogens is 266 g/mol. The second-order valence-corrected chi connectivity index (χ2v) is 3.82. The first-order chi connectivity index (χ1) is 7.81. The van der Waals surface area contributed by atoms with Crippen LogP contribution in [0.1, 0.15) is 5.56 Å². The summed E-state index contributed by atoms with van der Waals surface area (Å²) in [4.78, 5) is 0. The Morgan fingerprint density at radius 2 is 1.44 bits per heavy atom. The maximum atomic E-state index is 5.21. The highest BCUT2D eigenvalue weighted by molar-refractivity contribution is 9.06. The molecule has 0 unspecified atom stereocenters. The molecule has 0 aromatic heterocycles. The van der Waals surface area contributed by atoms with Crippen LogP contribution in [0.15, 0.2) is 54.6 Å². The summed E-state index contributed by atoms with van der Waals surface area (Å²) < 4.78 is 5.21. The van der Waals surface area contributed by atoms with Crippen LogP contribution in [0, 0.1) is 6.92 Å². The van der Waals surface area contributed by atoms with Gasteiger partial charge in [-0.05, 0) is 31.2 Å². The van der Waals surface area contributed by atoms with Crippen LogP contribution in [0.4, 0.5) is 11.4 Å². The van der Waals surface area contributed by atoms with Gasteiger partial charge in [-0.15, -0.1) is 0 Å². The first-order valence-corrected chi connectivity index (χ1v) is 5.66. The molecule has 0 bridgehead atoms.